The van der Waals surface area contributed by atoms with Crippen molar-refractivity contribution >= 4 is 0 Å². The van der Waals surface area contributed by atoms with Gasteiger partial charge in [-0.05, 0) is 12.5 Å². The largest absolute Gasteiger partial charge is 0.314 e. The Balaban J connectivity index is 2.03. The van der Waals surface area contributed by atoms with Gasteiger partial charge in [0.25, 0.3) is 0 Å². The van der Waals surface area contributed by atoms with E-state index >= 15 is 0 Å². The third-order valence-electron chi connectivity index (χ3n) is 3.25. The van der Waals surface area contributed by atoms with E-state index in [1.807, 2.05) is 6.07 Å². The summed E-state index contributed by atoms with van der Waals surface area (Å²) in [5.74, 6) is -0.00648. The average Bonchev–Trinajstić information content (AvgIpc) is 2.37. The molecule has 1 aliphatic rings. The zero-order valence-electron chi connectivity index (χ0n) is 10.3. The minimum absolute atomic E-state index is 0.00648. The van der Waals surface area contributed by atoms with Crippen LogP contribution in [0, 0.1) is 18.3 Å². The zero-order valence-corrected chi connectivity index (χ0v) is 10.3. The fraction of sp³-hybridized carbons (Fsp3) is 0.500. The van der Waals surface area contributed by atoms with E-state index in [-0.39, 0.29) is 5.92 Å². The van der Waals surface area contributed by atoms with Crippen LogP contribution in [0.4, 0.5) is 0 Å². The SMILES string of the molecule is Cc1cccc(C(C#N)CN2CCNCC2)c1. The minimum Gasteiger partial charge on any atom is -0.314 e. The van der Waals surface area contributed by atoms with E-state index in [0.29, 0.717) is 0 Å². The predicted molar refractivity (Wildman–Crippen MR) is 68.8 cm³/mol. The monoisotopic (exact) mass is 229 g/mol. The lowest BCUT2D eigenvalue weighted by molar-refractivity contribution is 0.237. The number of hydrogen-bond acceptors (Lipinski definition) is 3. The Kier molecular flexibility index (Phi) is 4.13. The topological polar surface area (TPSA) is 39.1 Å². The number of piperazine rings is 1. The van der Waals surface area contributed by atoms with Crippen LogP contribution in [0.5, 0.6) is 0 Å². The summed E-state index contributed by atoms with van der Waals surface area (Å²) in [6.07, 6.45) is 0. The van der Waals surface area contributed by atoms with Crippen LogP contribution in [0.25, 0.3) is 0 Å². The van der Waals surface area contributed by atoms with Crippen molar-refractivity contribution < 1.29 is 0 Å². The number of nitriles is 1. The molecule has 1 aromatic carbocycles. The molecule has 1 unspecified atom stereocenters. The van der Waals surface area contributed by atoms with Gasteiger partial charge in [-0.1, -0.05) is 29.8 Å². The van der Waals surface area contributed by atoms with Crippen molar-refractivity contribution in [2.75, 3.05) is 32.7 Å². The molecule has 1 heterocycles. The van der Waals surface area contributed by atoms with Gasteiger partial charge in [-0.2, -0.15) is 5.26 Å². The van der Waals surface area contributed by atoms with Crippen molar-refractivity contribution in [3.8, 4) is 6.07 Å². The molecule has 3 nitrogen and oxygen atoms in total. The molecule has 1 atom stereocenters. The van der Waals surface area contributed by atoms with Crippen molar-refractivity contribution in [1.82, 2.24) is 10.2 Å². The first-order valence-corrected chi connectivity index (χ1v) is 6.19. The van der Waals surface area contributed by atoms with Gasteiger partial charge < -0.3 is 5.32 Å². The number of nitrogens with zero attached hydrogens (tertiary/aromatic N) is 2. The summed E-state index contributed by atoms with van der Waals surface area (Å²) in [6, 6.07) is 10.7. The van der Waals surface area contributed by atoms with E-state index in [4.69, 9.17) is 0 Å². The number of nitrogens with one attached hydrogen (secondary N) is 1. The third-order valence-corrected chi connectivity index (χ3v) is 3.25. The van der Waals surface area contributed by atoms with Crippen molar-refractivity contribution in [1.29, 1.82) is 5.26 Å². The molecule has 1 saturated heterocycles. The molecule has 0 saturated carbocycles. The molecule has 0 aromatic heterocycles. The van der Waals surface area contributed by atoms with Crippen molar-refractivity contribution in [2.24, 2.45) is 0 Å². The van der Waals surface area contributed by atoms with Crippen LogP contribution < -0.4 is 5.32 Å². The first-order chi connectivity index (χ1) is 8.29. The van der Waals surface area contributed by atoms with Crippen LogP contribution in [-0.2, 0) is 0 Å². The molecule has 0 radical (unpaired) electrons. The summed E-state index contributed by atoms with van der Waals surface area (Å²) in [4.78, 5) is 2.37. The molecule has 0 bridgehead atoms. The van der Waals surface area contributed by atoms with E-state index in [9.17, 15) is 5.26 Å². The number of hydrogen-bond donors (Lipinski definition) is 1. The molecule has 1 aromatic rings. The lowest BCUT2D eigenvalue weighted by atomic mass is 9.98. The summed E-state index contributed by atoms with van der Waals surface area (Å²) < 4.78 is 0. The average molecular weight is 229 g/mol. The smallest absolute Gasteiger partial charge is 0.0839 e. The second-order valence-corrected chi connectivity index (χ2v) is 4.65. The minimum atomic E-state index is -0.00648. The molecule has 1 aliphatic heterocycles. The van der Waals surface area contributed by atoms with Crippen LogP contribution in [0.2, 0.25) is 0 Å². The summed E-state index contributed by atoms with van der Waals surface area (Å²) in [5.41, 5.74) is 2.37. The van der Waals surface area contributed by atoms with Crippen molar-refractivity contribution in [3.05, 3.63) is 35.4 Å². The number of benzene rings is 1. The number of rotatable bonds is 3. The van der Waals surface area contributed by atoms with Gasteiger partial charge in [0, 0.05) is 32.7 Å². The molecule has 1 N–H and O–H groups in total. The highest BCUT2D eigenvalue weighted by molar-refractivity contribution is 5.29. The Bertz CT molecular complexity index is 402. The van der Waals surface area contributed by atoms with Crippen LogP contribution in [0.1, 0.15) is 17.0 Å². The van der Waals surface area contributed by atoms with Crippen LogP contribution in [0.15, 0.2) is 24.3 Å². The lowest BCUT2D eigenvalue weighted by Gasteiger charge is -2.28. The predicted octanol–water partition coefficient (Wildman–Crippen LogP) is 1.51. The van der Waals surface area contributed by atoms with Gasteiger partial charge in [0.2, 0.25) is 0 Å². The molecule has 0 amide bonds. The molecule has 90 valence electrons. The standard InChI is InChI=1S/C14H19N3/c1-12-3-2-4-13(9-12)14(10-15)11-17-7-5-16-6-8-17/h2-4,9,14,16H,5-8,11H2,1H3. The summed E-state index contributed by atoms with van der Waals surface area (Å²) in [7, 11) is 0. The van der Waals surface area contributed by atoms with Crippen LogP contribution >= 0.6 is 0 Å². The van der Waals surface area contributed by atoms with E-state index < -0.39 is 0 Å². The summed E-state index contributed by atoms with van der Waals surface area (Å²) in [5, 5.41) is 12.6. The lowest BCUT2D eigenvalue weighted by Crippen LogP contribution is -2.44. The van der Waals surface area contributed by atoms with E-state index in [0.717, 1.165) is 38.3 Å². The maximum atomic E-state index is 9.31. The second kappa shape index (κ2) is 5.81. The first-order valence-electron chi connectivity index (χ1n) is 6.19. The highest BCUT2D eigenvalue weighted by Gasteiger charge is 2.17. The molecule has 2 rings (SSSR count). The first kappa shape index (κ1) is 12.1. The van der Waals surface area contributed by atoms with Gasteiger partial charge in [0.1, 0.15) is 0 Å². The molecule has 1 fully saturated rings. The molecule has 0 spiro atoms. The maximum absolute atomic E-state index is 9.31. The molecule has 17 heavy (non-hydrogen) atoms. The van der Waals surface area contributed by atoms with Gasteiger partial charge in [0.05, 0.1) is 12.0 Å². The molecule has 0 aliphatic carbocycles. The zero-order chi connectivity index (χ0) is 12.1. The van der Waals surface area contributed by atoms with Crippen LogP contribution in [0.3, 0.4) is 0 Å². The van der Waals surface area contributed by atoms with Gasteiger partial charge >= 0.3 is 0 Å². The fourth-order valence-corrected chi connectivity index (χ4v) is 2.26. The Morgan fingerprint density at radius 3 is 2.82 bits per heavy atom. The van der Waals surface area contributed by atoms with Gasteiger partial charge in [-0.3, -0.25) is 4.90 Å². The molecule has 3 heteroatoms. The Hall–Kier alpha value is -1.37. The third kappa shape index (κ3) is 3.29. The quantitative estimate of drug-likeness (QED) is 0.854. The van der Waals surface area contributed by atoms with Crippen molar-refractivity contribution in [3.63, 3.8) is 0 Å². The van der Waals surface area contributed by atoms with Gasteiger partial charge in [-0.15, -0.1) is 0 Å². The van der Waals surface area contributed by atoms with E-state index in [1.54, 1.807) is 0 Å². The summed E-state index contributed by atoms with van der Waals surface area (Å²) >= 11 is 0. The van der Waals surface area contributed by atoms with E-state index in [1.165, 1.54) is 5.56 Å². The van der Waals surface area contributed by atoms with Gasteiger partial charge in [-0.25, -0.2) is 0 Å². The highest BCUT2D eigenvalue weighted by Crippen LogP contribution is 2.17. The molecular formula is C14H19N3. The normalized spacial score (nSPS) is 18.6. The highest BCUT2D eigenvalue weighted by atomic mass is 15.2. The number of aryl methyl sites for hydroxylation is 1. The molecular weight excluding hydrogens is 210 g/mol. The Labute approximate surface area is 103 Å². The van der Waals surface area contributed by atoms with Crippen LogP contribution in [-0.4, -0.2) is 37.6 Å². The maximum Gasteiger partial charge on any atom is 0.0839 e. The Morgan fingerprint density at radius 1 is 1.41 bits per heavy atom. The fourth-order valence-electron chi connectivity index (χ4n) is 2.26. The van der Waals surface area contributed by atoms with Crippen molar-refractivity contribution in [2.45, 2.75) is 12.8 Å². The second-order valence-electron chi connectivity index (χ2n) is 4.65. The van der Waals surface area contributed by atoms with E-state index in [2.05, 4.69) is 41.4 Å². The Morgan fingerprint density at radius 2 is 2.18 bits per heavy atom. The summed E-state index contributed by atoms with van der Waals surface area (Å²) in [6.45, 7) is 7.08. The van der Waals surface area contributed by atoms with Gasteiger partial charge in [0.15, 0.2) is 0 Å².